The third-order valence-corrected chi connectivity index (χ3v) is 4.56. The van der Waals surface area contributed by atoms with Crippen molar-refractivity contribution in [2.24, 2.45) is 5.73 Å². The summed E-state index contributed by atoms with van der Waals surface area (Å²) in [4.78, 5) is 14.5. The predicted octanol–water partition coefficient (Wildman–Crippen LogP) is 0.823. The fourth-order valence-electron chi connectivity index (χ4n) is 2.98. The first kappa shape index (κ1) is 16.6. The molecule has 1 aliphatic heterocycles. The van der Waals surface area contributed by atoms with E-state index in [-0.39, 0.29) is 18.1 Å². The molecule has 3 rings (SSSR count). The topological polar surface area (TPSA) is 86.3 Å². The van der Waals surface area contributed by atoms with E-state index in [0.717, 1.165) is 17.7 Å². The van der Waals surface area contributed by atoms with Crippen LogP contribution in [-0.4, -0.2) is 58.1 Å². The van der Waals surface area contributed by atoms with Gasteiger partial charge in [0.15, 0.2) is 5.69 Å². The average Bonchev–Trinajstić information content (AvgIpc) is 2.96. The lowest BCUT2D eigenvalue weighted by molar-refractivity contribution is 0.0159. The minimum atomic E-state index is -0.137. The van der Waals surface area contributed by atoms with Gasteiger partial charge in [-0.3, -0.25) is 4.79 Å². The Morgan fingerprint density at radius 3 is 2.83 bits per heavy atom. The molecule has 1 aliphatic rings. The highest BCUT2D eigenvalue weighted by Gasteiger charge is 2.31. The van der Waals surface area contributed by atoms with Crippen LogP contribution in [-0.2, 0) is 11.3 Å². The second-order valence-corrected chi connectivity index (χ2v) is 6.14. The second-order valence-electron chi connectivity index (χ2n) is 6.14. The average molecular weight is 329 g/mol. The molecule has 0 unspecified atom stereocenters. The van der Waals surface area contributed by atoms with Crippen molar-refractivity contribution in [1.82, 2.24) is 19.9 Å². The molecule has 1 aromatic heterocycles. The van der Waals surface area contributed by atoms with Crippen LogP contribution >= 0.6 is 0 Å². The smallest absolute Gasteiger partial charge is 0.276 e. The van der Waals surface area contributed by atoms with Crippen molar-refractivity contribution >= 4 is 5.91 Å². The number of benzene rings is 1. The number of nitrogens with zero attached hydrogens (tertiary/aromatic N) is 4. The first-order chi connectivity index (χ1) is 11.6. The van der Waals surface area contributed by atoms with E-state index in [1.165, 1.54) is 0 Å². The van der Waals surface area contributed by atoms with Gasteiger partial charge in [0, 0.05) is 26.2 Å². The van der Waals surface area contributed by atoms with Crippen LogP contribution in [0.4, 0.5) is 0 Å². The Labute approximate surface area is 141 Å². The van der Waals surface area contributed by atoms with Crippen molar-refractivity contribution in [3.8, 4) is 0 Å². The number of hydrogen-bond donors (Lipinski definition) is 1. The molecule has 128 valence electrons. The largest absolute Gasteiger partial charge is 0.378 e. The Balaban J connectivity index is 1.74. The van der Waals surface area contributed by atoms with Gasteiger partial charge in [-0.2, -0.15) is 0 Å². The van der Waals surface area contributed by atoms with E-state index in [0.29, 0.717) is 25.3 Å². The summed E-state index contributed by atoms with van der Waals surface area (Å²) < 4.78 is 7.13. The lowest BCUT2D eigenvalue weighted by atomic mass is 10.0. The Hall–Kier alpha value is -2.25. The molecule has 24 heavy (non-hydrogen) atoms. The van der Waals surface area contributed by atoms with Gasteiger partial charge in [-0.05, 0) is 18.9 Å². The van der Waals surface area contributed by atoms with Crippen molar-refractivity contribution in [3.63, 3.8) is 0 Å². The lowest BCUT2D eigenvalue weighted by Gasteiger charge is -2.35. The number of ether oxygens (including phenoxy) is 1. The molecule has 7 nitrogen and oxygen atoms in total. The first-order valence-electron chi connectivity index (χ1n) is 8.11. The number of piperidine rings is 1. The number of hydrogen-bond acceptors (Lipinski definition) is 5. The standard InChI is InChI=1S/C17H23N5O2/c1-12-16(17(23)21-9-8-14(18)15(11-21)24-2)19-20-22(12)10-13-6-4-3-5-7-13/h3-7,14-15H,8-11,18H2,1-2H3/t14-,15+/m1/s1. The van der Waals surface area contributed by atoms with E-state index in [2.05, 4.69) is 10.3 Å². The molecule has 1 fully saturated rings. The van der Waals surface area contributed by atoms with Gasteiger partial charge < -0.3 is 15.4 Å². The zero-order valence-electron chi connectivity index (χ0n) is 14.1. The van der Waals surface area contributed by atoms with Crippen molar-refractivity contribution in [2.75, 3.05) is 20.2 Å². The van der Waals surface area contributed by atoms with Crippen LogP contribution in [0.1, 0.15) is 28.2 Å². The Bertz CT molecular complexity index is 700. The summed E-state index contributed by atoms with van der Waals surface area (Å²) in [5.41, 5.74) is 8.30. The molecule has 2 N–H and O–H groups in total. The maximum absolute atomic E-state index is 12.8. The van der Waals surface area contributed by atoms with Crippen LogP contribution in [0.25, 0.3) is 0 Å². The SMILES string of the molecule is CO[C@H]1CN(C(=O)c2nnn(Cc3ccccc3)c2C)CC[C@H]1N. The van der Waals surface area contributed by atoms with Crippen LogP contribution in [0.2, 0.25) is 0 Å². The van der Waals surface area contributed by atoms with E-state index < -0.39 is 0 Å². The second kappa shape index (κ2) is 7.11. The van der Waals surface area contributed by atoms with E-state index in [1.54, 1.807) is 16.7 Å². The van der Waals surface area contributed by atoms with Crippen molar-refractivity contribution in [2.45, 2.75) is 32.0 Å². The van der Waals surface area contributed by atoms with E-state index in [4.69, 9.17) is 10.5 Å². The van der Waals surface area contributed by atoms with Crippen molar-refractivity contribution < 1.29 is 9.53 Å². The third-order valence-electron chi connectivity index (χ3n) is 4.56. The predicted molar refractivity (Wildman–Crippen MR) is 89.6 cm³/mol. The van der Waals surface area contributed by atoms with Crippen LogP contribution in [0.3, 0.4) is 0 Å². The molecule has 2 heterocycles. The first-order valence-corrected chi connectivity index (χ1v) is 8.11. The summed E-state index contributed by atoms with van der Waals surface area (Å²) in [7, 11) is 1.62. The van der Waals surface area contributed by atoms with Crippen LogP contribution in [0.15, 0.2) is 30.3 Å². The summed E-state index contributed by atoms with van der Waals surface area (Å²) in [6.45, 7) is 3.57. The number of amides is 1. The maximum atomic E-state index is 12.8. The normalized spacial score (nSPS) is 21.0. The Morgan fingerprint density at radius 2 is 2.12 bits per heavy atom. The zero-order chi connectivity index (χ0) is 17.1. The minimum absolute atomic E-state index is 0.0334. The zero-order valence-corrected chi connectivity index (χ0v) is 14.1. The highest BCUT2D eigenvalue weighted by atomic mass is 16.5. The van der Waals surface area contributed by atoms with Crippen molar-refractivity contribution in [3.05, 3.63) is 47.3 Å². The van der Waals surface area contributed by atoms with Gasteiger partial charge in [0.25, 0.3) is 5.91 Å². The third kappa shape index (κ3) is 3.32. The summed E-state index contributed by atoms with van der Waals surface area (Å²) in [6, 6.07) is 9.95. The quantitative estimate of drug-likeness (QED) is 0.897. The van der Waals surface area contributed by atoms with Crippen LogP contribution in [0.5, 0.6) is 0 Å². The Morgan fingerprint density at radius 1 is 1.38 bits per heavy atom. The van der Waals surface area contributed by atoms with E-state index in [9.17, 15) is 4.79 Å². The summed E-state index contributed by atoms with van der Waals surface area (Å²) in [6.07, 6.45) is 0.587. The number of carbonyl (C=O) groups excluding carboxylic acids is 1. The highest BCUT2D eigenvalue weighted by molar-refractivity contribution is 5.93. The molecule has 0 saturated carbocycles. The van der Waals surface area contributed by atoms with Gasteiger partial charge in [0.05, 0.1) is 18.3 Å². The lowest BCUT2D eigenvalue weighted by Crippen LogP contribution is -2.53. The molecule has 1 aromatic carbocycles. The molecule has 1 amide bonds. The number of carbonyl (C=O) groups is 1. The summed E-state index contributed by atoms with van der Waals surface area (Å²) in [5.74, 6) is -0.110. The number of methoxy groups -OCH3 is 1. The van der Waals surface area contributed by atoms with Crippen LogP contribution < -0.4 is 5.73 Å². The minimum Gasteiger partial charge on any atom is -0.378 e. The van der Waals surface area contributed by atoms with Crippen molar-refractivity contribution in [1.29, 1.82) is 0 Å². The monoisotopic (exact) mass is 329 g/mol. The molecular formula is C17H23N5O2. The molecule has 0 aliphatic carbocycles. The van der Waals surface area contributed by atoms with Gasteiger partial charge in [-0.1, -0.05) is 35.5 Å². The molecule has 0 radical (unpaired) electrons. The van der Waals surface area contributed by atoms with Gasteiger partial charge in [-0.15, -0.1) is 5.10 Å². The fraction of sp³-hybridized carbons (Fsp3) is 0.471. The number of likely N-dealkylation sites (tertiary alicyclic amines) is 1. The number of rotatable bonds is 4. The van der Waals surface area contributed by atoms with E-state index in [1.807, 2.05) is 37.3 Å². The van der Waals surface area contributed by atoms with Gasteiger partial charge >= 0.3 is 0 Å². The molecule has 0 bridgehead atoms. The molecular weight excluding hydrogens is 306 g/mol. The Kier molecular flexibility index (Phi) is 4.92. The highest BCUT2D eigenvalue weighted by Crippen LogP contribution is 2.16. The van der Waals surface area contributed by atoms with Gasteiger partial charge in [0.1, 0.15) is 0 Å². The maximum Gasteiger partial charge on any atom is 0.276 e. The number of aromatic nitrogens is 3. The molecule has 7 heteroatoms. The number of nitrogens with two attached hydrogens (primary N) is 1. The molecule has 0 spiro atoms. The van der Waals surface area contributed by atoms with Gasteiger partial charge in [0.2, 0.25) is 0 Å². The van der Waals surface area contributed by atoms with Crippen LogP contribution in [0, 0.1) is 6.92 Å². The van der Waals surface area contributed by atoms with E-state index >= 15 is 0 Å². The summed E-state index contributed by atoms with van der Waals surface area (Å²) in [5, 5.41) is 8.25. The fourth-order valence-corrected chi connectivity index (χ4v) is 2.98. The van der Waals surface area contributed by atoms with Gasteiger partial charge in [-0.25, -0.2) is 4.68 Å². The molecule has 2 aromatic rings. The summed E-state index contributed by atoms with van der Waals surface area (Å²) >= 11 is 0. The molecule has 1 saturated heterocycles. The molecule has 2 atom stereocenters.